The van der Waals surface area contributed by atoms with Gasteiger partial charge in [-0.1, -0.05) is 44.5 Å². The van der Waals surface area contributed by atoms with Crippen molar-refractivity contribution in [2.24, 2.45) is 5.92 Å². The molecule has 7 nitrogen and oxygen atoms in total. The summed E-state index contributed by atoms with van der Waals surface area (Å²) in [6, 6.07) is 5.87. The van der Waals surface area contributed by atoms with E-state index in [9.17, 15) is 19.5 Å². The van der Waals surface area contributed by atoms with E-state index in [1.54, 1.807) is 45.0 Å². The Hall–Kier alpha value is -2.28. The average Bonchev–Trinajstić information content (AvgIpc) is 2.58. The summed E-state index contributed by atoms with van der Waals surface area (Å²) in [5.41, 5.74) is 0.896. The average molecular weight is 386 g/mol. The fraction of sp³-hybridized carbons (Fsp3) is 0.500. The van der Waals surface area contributed by atoms with Crippen LogP contribution in [0.25, 0.3) is 0 Å². The van der Waals surface area contributed by atoms with E-state index >= 15 is 0 Å². The molecule has 1 aromatic rings. The van der Waals surface area contributed by atoms with Gasteiger partial charge in [0.2, 0.25) is 0 Å². The molecule has 1 amide bonds. The Labute approximate surface area is 157 Å². The van der Waals surface area contributed by atoms with Gasteiger partial charge in [-0.25, -0.2) is 9.59 Å². The molecule has 2 unspecified atom stereocenters. The molecule has 1 aromatic carbocycles. The van der Waals surface area contributed by atoms with Gasteiger partial charge in [-0.05, 0) is 30.5 Å². The van der Waals surface area contributed by atoms with Crippen LogP contribution in [0.4, 0.5) is 4.79 Å². The van der Waals surface area contributed by atoms with Crippen LogP contribution in [0.2, 0.25) is 5.02 Å². The minimum absolute atomic E-state index is 0.146. The van der Waals surface area contributed by atoms with Crippen LogP contribution in [-0.2, 0) is 25.5 Å². The molecule has 8 heteroatoms. The topological polar surface area (TPSA) is 102 Å². The normalized spacial score (nSPS) is 13.0. The Balaban J connectivity index is 2.61. The summed E-state index contributed by atoms with van der Waals surface area (Å²) in [6.45, 7) is 5.06. The number of carbonyl (C=O) groups is 3. The zero-order chi connectivity index (χ0) is 19.7. The van der Waals surface area contributed by atoms with Crippen molar-refractivity contribution in [3.05, 3.63) is 34.9 Å². The van der Waals surface area contributed by atoms with Gasteiger partial charge in [-0.3, -0.25) is 4.79 Å². The third kappa shape index (κ3) is 7.74. The van der Waals surface area contributed by atoms with Crippen LogP contribution in [0.5, 0.6) is 0 Å². The number of ether oxygens (including phenoxy) is 2. The van der Waals surface area contributed by atoms with Crippen molar-refractivity contribution in [2.75, 3.05) is 0 Å². The van der Waals surface area contributed by atoms with Crippen molar-refractivity contribution < 1.29 is 29.0 Å². The quantitative estimate of drug-likeness (QED) is 0.499. The van der Waals surface area contributed by atoms with Gasteiger partial charge in [0.15, 0.2) is 0 Å². The minimum Gasteiger partial charge on any atom is -0.480 e. The summed E-state index contributed by atoms with van der Waals surface area (Å²) in [4.78, 5) is 34.8. The molecular weight excluding hydrogens is 362 g/mol. The summed E-state index contributed by atoms with van der Waals surface area (Å²) >= 11 is 5.81. The van der Waals surface area contributed by atoms with E-state index in [-0.39, 0.29) is 18.8 Å². The highest BCUT2D eigenvalue weighted by molar-refractivity contribution is 6.30. The number of carboxylic acids is 1. The van der Waals surface area contributed by atoms with Crippen molar-refractivity contribution in [1.82, 2.24) is 5.32 Å². The molecule has 0 aliphatic rings. The predicted octanol–water partition coefficient (Wildman–Crippen LogP) is 3.39. The van der Waals surface area contributed by atoms with Crippen molar-refractivity contribution in [1.29, 1.82) is 0 Å². The largest absolute Gasteiger partial charge is 0.480 e. The summed E-state index contributed by atoms with van der Waals surface area (Å²) in [6.07, 6.45) is -1.27. The molecule has 0 fully saturated rings. The smallest absolute Gasteiger partial charge is 0.410 e. The fourth-order valence-electron chi connectivity index (χ4n) is 2.01. The van der Waals surface area contributed by atoms with Gasteiger partial charge in [0.25, 0.3) is 6.29 Å². The van der Waals surface area contributed by atoms with E-state index in [1.165, 1.54) is 0 Å². The van der Waals surface area contributed by atoms with Crippen molar-refractivity contribution in [3.63, 3.8) is 0 Å². The molecule has 0 aliphatic heterocycles. The lowest BCUT2D eigenvalue weighted by Crippen LogP contribution is -2.43. The van der Waals surface area contributed by atoms with Crippen molar-refractivity contribution in [2.45, 2.75) is 52.4 Å². The number of nitrogens with one attached hydrogen (secondary N) is 1. The van der Waals surface area contributed by atoms with Crippen LogP contribution in [0.15, 0.2) is 24.3 Å². The number of hydrogen-bond donors (Lipinski definition) is 2. The standard InChI is InChI=1S/C18H24ClNO6/c1-4-15(21)25-17(11(2)3)26-18(24)20-14(16(22)23)10-7-12-5-8-13(19)9-6-12/h5-6,8-9,11,14,17H,4,7,10H2,1-3H3,(H,20,24)(H,22,23). The minimum atomic E-state index is -1.18. The Morgan fingerprint density at radius 1 is 1.15 bits per heavy atom. The fourth-order valence-corrected chi connectivity index (χ4v) is 2.14. The molecule has 2 atom stereocenters. The summed E-state index contributed by atoms with van der Waals surface area (Å²) in [7, 11) is 0. The number of hydrogen-bond acceptors (Lipinski definition) is 5. The van der Waals surface area contributed by atoms with Gasteiger partial charge < -0.3 is 19.9 Å². The molecular formula is C18H24ClNO6. The van der Waals surface area contributed by atoms with Crippen LogP contribution >= 0.6 is 11.6 Å². The van der Waals surface area contributed by atoms with E-state index < -0.39 is 30.4 Å². The first-order valence-corrected chi connectivity index (χ1v) is 8.74. The second-order valence-corrected chi connectivity index (χ2v) is 6.50. The van der Waals surface area contributed by atoms with Gasteiger partial charge in [-0.2, -0.15) is 0 Å². The molecule has 144 valence electrons. The van der Waals surface area contributed by atoms with Crippen LogP contribution in [0, 0.1) is 5.92 Å². The second-order valence-electron chi connectivity index (χ2n) is 6.06. The number of benzene rings is 1. The Morgan fingerprint density at radius 2 is 1.77 bits per heavy atom. The highest BCUT2D eigenvalue weighted by Crippen LogP contribution is 2.13. The molecule has 0 spiro atoms. The Bertz CT molecular complexity index is 617. The van der Waals surface area contributed by atoms with Crippen LogP contribution in [0.1, 0.15) is 39.2 Å². The molecule has 0 saturated heterocycles. The van der Waals surface area contributed by atoms with E-state index in [2.05, 4.69) is 5.32 Å². The number of alkyl carbamates (subject to hydrolysis) is 1. The number of amides is 1. The number of rotatable bonds is 9. The third-order valence-corrected chi connectivity index (χ3v) is 3.78. The lowest BCUT2D eigenvalue weighted by atomic mass is 10.1. The molecule has 2 N–H and O–H groups in total. The van der Waals surface area contributed by atoms with Gasteiger partial charge in [0.1, 0.15) is 6.04 Å². The maximum atomic E-state index is 12.0. The summed E-state index contributed by atoms with van der Waals surface area (Å²) in [5.74, 6) is -1.95. The maximum Gasteiger partial charge on any atom is 0.410 e. The zero-order valence-electron chi connectivity index (χ0n) is 15.0. The van der Waals surface area contributed by atoms with E-state index in [0.717, 1.165) is 5.56 Å². The van der Waals surface area contributed by atoms with Gasteiger partial charge in [-0.15, -0.1) is 0 Å². The number of carboxylic acid groups (broad SMARTS) is 1. The Kier molecular flexibility index (Phi) is 8.92. The number of carbonyl (C=O) groups excluding carboxylic acids is 2. The van der Waals surface area contributed by atoms with Gasteiger partial charge >= 0.3 is 18.0 Å². The van der Waals surface area contributed by atoms with E-state index in [4.69, 9.17) is 21.1 Å². The van der Waals surface area contributed by atoms with E-state index in [0.29, 0.717) is 11.4 Å². The lowest BCUT2D eigenvalue weighted by Gasteiger charge is -2.22. The second kappa shape index (κ2) is 10.7. The molecule has 0 heterocycles. The van der Waals surface area contributed by atoms with Crippen LogP contribution in [0.3, 0.4) is 0 Å². The zero-order valence-corrected chi connectivity index (χ0v) is 15.8. The molecule has 0 saturated carbocycles. The van der Waals surface area contributed by atoms with Crippen molar-refractivity contribution >= 4 is 29.6 Å². The molecule has 0 aliphatic carbocycles. The Morgan fingerprint density at radius 3 is 2.27 bits per heavy atom. The monoisotopic (exact) mass is 385 g/mol. The highest BCUT2D eigenvalue weighted by Gasteiger charge is 2.26. The van der Waals surface area contributed by atoms with Gasteiger partial charge in [0.05, 0.1) is 0 Å². The van der Waals surface area contributed by atoms with E-state index in [1.807, 2.05) is 0 Å². The highest BCUT2D eigenvalue weighted by atomic mass is 35.5. The maximum absolute atomic E-state index is 12.0. The van der Waals surface area contributed by atoms with Crippen LogP contribution < -0.4 is 5.32 Å². The number of aliphatic carboxylic acids is 1. The van der Waals surface area contributed by atoms with Crippen LogP contribution in [-0.4, -0.2) is 35.5 Å². The SMILES string of the molecule is CCC(=O)OC(OC(=O)NC(CCc1ccc(Cl)cc1)C(=O)O)C(C)C. The summed E-state index contributed by atoms with van der Waals surface area (Å²) < 4.78 is 10.1. The first-order chi connectivity index (χ1) is 12.2. The molecule has 0 aromatic heterocycles. The predicted molar refractivity (Wildman–Crippen MR) is 95.8 cm³/mol. The number of esters is 1. The summed E-state index contributed by atoms with van der Waals surface area (Å²) in [5, 5.41) is 12.2. The number of aryl methyl sites for hydroxylation is 1. The first-order valence-electron chi connectivity index (χ1n) is 8.36. The first kappa shape index (κ1) is 21.8. The van der Waals surface area contributed by atoms with Crippen molar-refractivity contribution in [3.8, 4) is 0 Å². The lowest BCUT2D eigenvalue weighted by molar-refractivity contribution is -0.175. The molecule has 1 rings (SSSR count). The molecule has 0 radical (unpaired) electrons. The number of halogens is 1. The molecule has 26 heavy (non-hydrogen) atoms. The van der Waals surface area contributed by atoms with Gasteiger partial charge in [0, 0.05) is 17.4 Å². The third-order valence-electron chi connectivity index (χ3n) is 3.53. The molecule has 0 bridgehead atoms.